The normalized spacial score (nSPS) is 17.8. The number of rotatable bonds is 9. The molecule has 0 unspecified atom stereocenters. The monoisotopic (exact) mass is 241 g/mol. The van der Waals surface area contributed by atoms with Gasteiger partial charge in [-0.3, -0.25) is 4.90 Å². The van der Waals surface area contributed by atoms with Gasteiger partial charge in [0.1, 0.15) is 0 Å². The zero-order chi connectivity index (χ0) is 12.3. The van der Waals surface area contributed by atoms with Crippen molar-refractivity contribution < 1.29 is 0 Å². The fourth-order valence-corrected chi connectivity index (χ4v) is 2.32. The molecular weight excluding hydrogens is 210 g/mol. The Labute approximate surface area is 108 Å². The lowest BCUT2D eigenvalue weighted by Gasteiger charge is -2.30. The van der Waals surface area contributed by atoms with Crippen molar-refractivity contribution in [3.05, 3.63) is 0 Å². The number of nitrogens with zero attached hydrogens (tertiary/aromatic N) is 2. The number of hydrogen-bond donors (Lipinski definition) is 1. The van der Waals surface area contributed by atoms with Crippen LogP contribution in [-0.4, -0.2) is 62.2 Å². The molecule has 1 fully saturated rings. The second-order valence-electron chi connectivity index (χ2n) is 5.14. The van der Waals surface area contributed by atoms with Gasteiger partial charge in [-0.1, -0.05) is 26.7 Å². The van der Waals surface area contributed by atoms with Gasteiger partial charge in [0.25, 0.3) is 0 Å². The molecule has 1 rings (SSSR count). The van der Waals surface area contributed by atoms with Crippen LogP contribution >= 0.6 is 0 Å². The molecule has 0 aromatic carbocycles. The predicted octanol–water partition coefficient (Wildman–Crippen LogP) is 1.79. The molecule has 0 spiro atoms. The highest BCUT2D eigenvalue weighted by Gasteiger charge is 2.11. The molecule has 17 heavy (non-hydrogen) atoms. The highest BCUT2D eigenvalue weighted by atomic mass is 15.2. The summed E-state index contributed by atoms with van der Waals surface area (Å²) < 4.78 is 0. The Kier molecular flexibility index (Phi) is 8.67. The van der Waals surface area contributed by atoms with Crippen molar-refractivity contribution in [1.82, 2.24) is 15.1 Å². The van der Waals surface area contributed by atoms with Crippen LogP contribution < -0.4 is 5.32 Å². The third-order valence-electron chi connectivity index (χ3n) is 3.60. The number of nitrogens with one attached hydrogen (secondary N) is 1. The van der Waals surface area contributed by atoms with Gasteiger partial charge in [-0.25, -0.2) is 0 Å². The van der Waals surface area contributed by atoms with Gasteiger partial charge < -0.3 is 10.2 Å². The fraction of sp³-hybridized carbons (Fsp3) is 1.00. The van der Waals surface area contributed by atoms with E-state index in [4.69, 9.17) is 0 Å². The highest BCUT2D eigenvalue weighted by Crippen LogP contribution is 2.00. The van der Waals surface area contributed by atoms with Gasteiger partial charge in [0.2, 0.25) is 0 Å². The molecule has 102 valence electrons. The molecule has 3 nitrogen and oxygen atoms in total. The molecule has 3 heteroatoms. The molecule has 1 aliphatic heterocycles. The molecule has 1 aliphatic rings. The van der Waals surface area contributed by atoms with Crippen molar-refractivity contribution in [2.75, 3.05) is 52.4 Å². The van der Waals surface area contributed by atoms with E-state index in [0.29, 0.717) is 0 Å². The molecule has 0 amide bonds. The van der Waals surface area contributed by atoms with Gasteiger partial charge in [0.15, 0.2) is 0 Å². The van der Waals surface area contributed by atoms with Gasteiger partial charge in [0.05, 0.1) is 0 Å². The number of hydrogen-bond acceptors (Lipinski definition) is 3. The fourth-order valence-electron chi connectivity index (χ4n) is 2.32. The summed E-state index contributed by atoms with van der Waals surface area (Å²) in [6.07, 6.45) is 5.34. The zero-order valence-corrected chi connectivity index (χ0v) is 11.9. The quantitative estimate of drug-likeness (QED) is 0.664. The van der Waals surface area contributed by atoms with Crippen LogP contribution in [0.2, 0.25) is 0 Å². The van der Waals surface area contributed by atoms with Crippen LogP contribution in [0.15, 0.2) is 0 Å². The lowest BCUT2D eigenvalue weighted by atomic mass is 10.2. The first-order chi connectivity index (χ1) is 8.36. The Morgan fingerprint density at radius 2 is 1.53 bits per heavy atom. The van der Waals surface area contributed by atoms with Gasteiger partial charge in [-0.15, -0.1) is 0 Å². The Bertz CT molecular complexity index is 159. The first-order valence-electron chi connectivity index (χ1n) is 7.52. The Balaban J connectivity index is 2.16. The summed E-state index contributed by atoms with van der Waals surface area (Å²) in [7, 11) is 0. The van der Waals surface area contributed by atoms with Crippen molar-refractivity contribution in [2.24, 2.45) is 0 Å². The van der Waals surface area contributed by atoms with Gasteiger partial charge >= 0.3 is 0 Å². The van der Waals surface area contributed by atoms with Gasteiger partial charge in [-0.2, -0.15) is 0 Å². The summed E-state index contributed by atoms with van der Waals surface area (Å²) in [5, 5.41) is 3.42. The molecular formula is C14H31N3. The minimum absolute atomic E-state index is 1.17. The van der Waals surface area contributed by atoms with E-state index < -0.39 is 0 Å². The maximum atomic E-state index is 3.42. The first-order valence-corrected chi connectivity index (χ1v) is 7.52. The topological polar surface area (TPSA) is 18.5 Å². The van der Waals surface area contributed by atoms with Crippen molar-refractivity contribution in [2.45, 2.75) is 39.5 Å². The second-order valence-corrected chi connectivity index (χ2v) is 5.14. The van der Waals surface area contributed by atoms with Crippen LogP contribution in [0.25, 0.3) is 0 Å². The van der Waals surface area contributed by atoms with Crippen LogP contribution in [0, 0.1) is 0 Å². The van der Waals surface area contributed by atoms with E-state index in [9.17, 15) is 0 Å². The standard InChI is InChI=1S/C14H31N3/c1-3-5-9-16(10-6-4-2)13-14-17-11-7-15-8-12-17/h15H,3-14H2,1-2H3. The van der Waals surface area contributed by atoms with Gasteiger partial charge in [0, 0.05) is 39.3 Å². The van der Waals surface area contributed by atoms with Crippen LogP contribution in [0.5, 0.6) is 0 Å². The minimum Gasteiger partial charge on any atom is -0.314 e. The summed E-state index contributed by atoms with van der Waals surface area (Å²) in [5.74, 6) is 0. The van der Waals surface area contributed by atoms with E-state index in [1.807, 2.05) is 0 Å². The summed E-state index contributed by atoms with van der Waals surface area (Å²) in [6.45, 7) is 14.5. The third kappa shape index (κ3) is 7.02. The smallest absolute Gasteiger partial charge is 0.0110 e. The van der Waals surface area contributed by atoms with E-state index in [2.05, 4.69) is 29.0 Å². The molecule has 1 saturated heterocycles. The highest BCUT2D eigenvalue weighted by molar-refractivity contribution is 4.69. The van der Waals surface area contributed by atoms with E-state index >= 15 is 0 Å². The number of unbranched alkanes of at least 4 members (excludes halogenated alkanes) is 2. The average molecular weight is 241 g/mol. The van der Waals surface area contributed by atoms with Crippen LogP contribution in [0.3, 0.4) is 0 Å². The largest absolute Gasteiger partial charge is 0.314 e. The maximum absolute atomic E-state index is 3.42. The third-order valence-corrected chi connectivity index (χ3v) is 3.60. The molecule has 0 radical (unpaired) electrons. The van der Waals surface area contributed by atoms with E-state index in [0.717, 1.165) is 0 Å². The van der Waals surface area contributed by atoms with Crippen molar-refractivity contribution in [3.8, 4) is 0 Å². The summed E-state index contributed by atoms with van der Waals surface area (Å²) in [4.78, 5) is 5.26. The Morgan fingerprint density at radius 1 is 0.941 bits per heavy atom. The SMILES string of the molecule is CCCCN(CCCC)CCN1CCNCC1. The van der Waals surface area contributed by atoms with E-state index in [1.54, 1.807) is 0 Å². The Hall–Kier alpha value is -0.120. The van der Waals surface area contributed by atoms with Crippen molar-refractivity contribution >= 4 is 0 Å². The average Bonchev–Trinajstić information content (AvgIpc) is 2.39. The number of piperazine rings is 1. The summed E-state index contributed by atoms with van der Waals surface area (Å²) in [5.41, 5.74) is 0. The Morgan fingerprint density at radius 3 is 2.06 bits per heavy atom. The lowest BCUT2D eigenvalue weighted by Crippen LogP contribution is -2.46. The lowest BCUT2D eigenvalue weighted by molar-refractivity contribution is 0.185. The summed E-state index contributed by atoms with van der Waals surface area (Å²) >= 11 is 0. The zero-order valence-electron chi connectivity index (χ0n) is 11.9. The van der Waals surface area contributed by atoms with E-state index in [1.165, 1.54) is 78.0 Å². The molecule has 0 bridgehead atoms. The predicted molar refractivity (Wildman–Crippen MR) is 75.6 cm³/mol. The van der Waals surface area contributed by atoms with Crippen LogP contribution in [0.4, 0.5) is 0 Å². The summed E-state index contributed by atoms with van der Waals surface area (Å²) in [6, 6.07) is 0. The molecule has 0 aromatic heterocycles. The molecule has 0 atom stereocenters. The second kappa shape index (κ2) is 9.86. The van der Waals surface area contributed by atoms with E-state index in [-0.39, 0.29) is 0 Å². The van der Waals surface area contributed by atoms with Crippen LogP contribution in [-0.2, 0) is 0 Å². The minimum atomic E-state index is 1.17. The first kappa shape index (κ1) is 14.9. The van der Waals surface area contributed by atoms with Gasteiger partial charge in [-0.05, 0) is 25.9 Å². The molecule has 1 N–H and O–H groups in total. The maximum Gasteiger partial charge on any atom is 0.0110 e. The van der Waals surface area contributed by atoms with Crippen LogP contribution in [0.1, 0.15) is 39.5 Å². The van der Waals surface area contributed by atoms with Crippen molar-refractivity contribution in [3.63, 3.8) is 0 Å². The van der Waals surface area contributed by atoms with Crippen molar-refractivity contribution in [1.29, 1.82) is 0 Å². The molecule has 1 heterocycles. The molecule has 0 aromatic rings. The molecule has 0 aliphatic carbocycles. The molecule has 0 saturated carbocycles.